The Morgan fingerprint density at radius 2 is 1.97 bits per heavy atom. The number of carbonyl (C=O) groups is 2. The minimum Gasteiger partial charge on any atom is -0.461 e. The lowest BCUT2D eigenvalue weighted by molar-refractivity contribution is -0.0237. The molecule has 34 heavy (non-hydrogen) atoms. The highest BCUT2D eigenvalue weighted by Gasteiger charge is 2.31. The fourth-order valence-electron chi connectivity index (χ4n) is 3.76. The van der Waals surface area contributed by atoms with Crippen LogP contribution in [0.25, 0.3) is 0 Å². The summed E-state index contributed by atoms with van der Waals surface area (Å²) in [5, 5.41) is 6.36. The Morgan fingerprint density at radius 1 is 1.18 bits per heavy atom. The summed E-state index contributed by atoms with van der Waals surface area (Å²) >= 11 is 6.17. The number of nitrogens with zero attached hydrogens (tertiary/aromatic N) is 2. The standard InChI is InChI=1S/C25H27ClN4O4/c1-2-33-24(31)23-13-27-16-30(23)14-18-8-9-19(26)10-22(18)29-25(32)28-20-11-21(12-20)34-15-17-6-4-3-5-7-17/h3-10,13,16,20-21H,2,11-12,14-15H2,1H3,(H2,28,29,32). The number of amides is 2. The summed E-state index contributed by atoms with van der Waals surface area (Å²) in [7, 11) is 0. The summed E-state index contributed by atoms with van der Waals surface area (Å²) in [4.78, 5) is 28.8. The molecule has 0 radical (unpaired) electrons. The molecule has 2 aromatic carbocycles. The van der Waals surface area contributed by atoms with Crippen molar-refractivity contribution in [3.05, 3.63) is 82.9 Å². The number of imidazole rings is 1. The molecular weight excluding hydrogens is 456 g/mol. The maximum absolute atomic E-state index is 12.6. The molecule has 1 heterocycles. The van der Waals surface area contributed by atoms with Gasteiger partial charge in [0.1, 0.15) is 5.69 Å². The molecule has 178 valence electrons. The molecular formula is C25H27ClN4O4. The highest BCUT2D eigenvalue weighted by atomic mass is 35.5. The van der Waals surface area contributed by atoms with Crippen LogP contribution in [0.4, 0.5) is 10.5 Å². The topological polar surface area (TPSA) is 94.5 Å². The summed E-state index contributed by atoms with van der Waals surface area (Å²) in [5.41, 5.74) is 2.81. The Balaban J connectivity index is 1.31. The van der Waals surface area contributed by atoms with E-state index in [1.807, 2.05) is 36.4 Å². The van der Waals surface area contributed by atoms with Crippen molar-refractivity contribution in [3.63, 3.8) is 0 Å². The summed E-state index contributed by atoms with van der Waals surface area (Å²) in [6.07, 6.45) is 4.67. The van der Waals surface area contributed by atoms with Crippen LogP contribution in [0.2, 0.25) is 5.02 Å². The molecule has 0 saturated heterocycles. The monoisotopic (exact) mass is 482 g/mol. The molecule has 3 aromatic rings. The van der Waals surface area contributed by atoms with E-state index in [4.69, 9.17) is 21.1 Å². The van der Waals surface area contributed by atoms with Crippen LogP contribution >= 0.6 is 11.6 Å². The summed E-state index contributed by atoms with van der Waals surface area (Å²) in [6.45, 7) is 2.91. The first-order chi connectivity index (χ1) is 16.5. The van der Waals surface area contributed by atoms with Gasteiger partial charge in [0.2, 0.25) is 0 Å². The molecule has 4 rings (SSSR count). The summed E-state index contributed by atoms with van der Waals surface area (Å²) in [6, 6.07) is 15.0. The number of hydrogen-bond donors (Lipinski definition) is 2. The second kappa shape index (κ2) is 11.2. The second-order valence-electron chi connectivity index (χ2n) is 8.11. The lowest BCUT2D eigenvalue weighted by atomic mass is 9.89. The van der Waals surface area contributed by atoms with E-state index < -0.39 is 5.97 Å². The maximum Gasteiger partial charge on any atom is 0.356 e. The molecule has 1 aliphatic rings. The molecule has 8 nitrogen and oxygen atoms in total. The fraction of sp³-hybridized carbons (Fsp3) is 0.320. The predicted molar refractivity (Wildman–Crippen MR) is 129 cm³/mol. The van der Waals surface area contributed by atoms with Crippen LogP contribution in [0.15, 0.2) is 61.1 Å². The number of halogens is 1. The molecule has 2 N–H and O–H groups in total. The van der Waals surface area contributed by atoms with E-state index in [0.29, 0.717) is 29.6 Å². The number of ether oxygens (including phenoxy) is 2. The van der Waals surface area contributed by atoms with Gasteiger partial charge in [-0.1, -0.05) is 48.0 Å². The van der Waals surface area contributed by atoms with Gasteiger partial charge in [-0.25, -0.2) is 14.6 Å². The van der Waals surface area contributed by atoms with Gasteiger partial charge in [0.25, 0.3) is 0 Å². The Hall–Kier alpha value is -3.36. The van der Waals surface area contributed by atoms with Crippen LogP contribution in [0.1, 0.15) is 41.4 Å². The van der Waals surface area contributed by atoms with Crippen molar-refractivity contribution < 1.29 is 19.1 Å². The number of rotatable bonds is 9. The van der Waals surface area contributed by atoms with E-state index in [9.17, 15) is 9.59 Å². The van der Waals surface area contributed by atoms with Crippen LogP contribution in [0.5, 0.6) is 0 Å². The van der Waals surface area contributed by atoms with E-state index in [-0.39, 0.29) is 24.8 Å². The number of carbonyl (C=O) groups excluding carboxylic acids is 2. The van der Waals surface area contributed by atoms with Crippen LogP contribution in [-0.4, -0.2) is 40.3 Å². The molecule has 9 heteroatoms. The minimum absolute atomic E-state index is 0.0486. The fourth-order valence-corrected chi connectivity index (χ4v) is 3.93. The zero-order chi connectivity index (χ0) is 23.9. The first kappa shape index (κ1) is 23.8. The molecule has 0 aliphatic heterocycles. The van der Waals surface area contributed by atoms with Gasteiger partial charge in [0.05, 0.1) is 38.4 Å². The van der Waals surface area contributed by atoms with E-state index >= 15 is 0 Å². The van der Waals surface area contributed by atoms with Crippen LogP contribution < -0.4 is 10.6 Å². The number of anilines is 1. The van der Waals surface area contributed by atoms with Gasteiger partial charge in [0.15, 0.2) is 0 Å². The summed E-state index contributed by atoms with van der Waals surface area (Å²) < 4.78 is 12.7. The molecule has 2 amide bonds. The first-order valence-corrected chi connectivity index (χ1v) is 11.6. The van der Waals surface area contributed by atoms with Crippen LogP contribution in [0, 0.1) is 0 Å². The Labute approximate surface area is 203 Å². The highest BCUT2D eigenvalue weighted by molar-refractivity contribution is 6.31. The Kier molecular flexibility index (Phi) is 7.82. The van der Waals surface area contributed by atoms with Crippen molar-refractivity contribution in [1.29, 1.82) is 0 Å². The summed E-state index contributed by atoms with van der Waals surface area (Å²) in [5.74, 6) is -0.449. The van der Waals surface area contributed by atoms with Crippen molar-refractivity contribution in [3.8, 4) is 0 Å². The maximum atomic E-state index is 12.6. The van der Waals surface area contributed by atoms with Crippen LogP contribution in [-0.2, 0) is 22.6 Å². The predicted octanol–water partition coefficient (Wildman–Crippen LogP) is 4.63. The molecule has 0 spiro atoms. The quantitative estimate of drug-likeness (QED) is 0.433. The second-order valence-corrected chi connectivity index (χ2v) is 8.55. The van der Waals surface area contributed by atoms with Crippen molar-refractivity contribution >= 4 is 29.3 Å². The van der Waals surface area contributed by atoms with E-state index in [2.05, 4.69) is 15.6 Å². The van der Waals surface area contributed by atoms with Gasteiger partial charge >= 0.3 is 12.0 Å². The smallest absolute Gasteiger partial charge is 0.356 e. The average Bonchev–Trinajstić information content (AvgIpc) is 3.26. The van der Waals surface area contributed by atoms with Gasteiger partial charge in [0, 0.05) is 16.8 Å². The van der Waals surface area contributed by atoms with Crippen molar-refractivity contribution in [2.75, 3.05) is 11.9 Å². The third kappa shape index (κ3) is 6.15. The number of aromatic nitrogens is 2. The van der Waals surface area contributed by atoms with Gasteiger partial charge in [-0.3, -0.25) is 0 Å². The lowest BCUT2D eigenvalue weighted by Gasteiger charge is -2.35. The number of esters is 1. The number of nitrogens with one attached hydrogen (secondary N) is 2. The van der Waals surface area contributed by atoms with Gasteiger partial charge in [-0.05, 0) is 43.0 Å². The molecule has 1 saturated carbocycles. The van der Waals surface area contributed by atoms with Gasteiger partial charge in [-0.15, -0.1) is 0 Å². The SMILES string of the molecule is CCOC(=O)c1cncn1Cc1ccc(Cl)cc1NC(=O)NC1CC(OCc2ccccc2)C1. The van der Waals surface area contributed by atoms with E-state index in [1.165, 1.54) is 6.20 Å². The molecule has 1 fully saturated rings. The minimum atomic E-state index is -0.449. The number of urea groups is 1. The Bertz CT molecular complexity index is 1130. The van der Waals surface area contributed by atoms with Crippen molar-refractivity contribution in [2.45, 2.75) is 45.1 Å². The highest BCUT2D eigenvalue weighted by Crippen LogP contribution is 2.26. The van der Waals surface area contributed by atoms with E-state index in [0.717, 1.165) is 24.0 Å². The van der Waals surface area contributed by atoms with E-state index in [1.54, 1.807) is 30.0 Å². The van der Waals surface area contributed by atoms with Gasteiger partial charge < -0.3 is 24.7 Å². The third-order valence-corrected chi connectivity index (χ3v) is 5.85. The zero-order valence-electron chi connectivity index (χ0n) is 18.9. The number of hydrogen-bond acceptors (Lipinski definition) is 5. The molecule has 0 atom stereocenters. The molecule has 1 aliphatic carbocycles. The zero-order valence-corrected chi connectivity index (χ0v) is 19.6. The molecule has 0 unspecified atom stereocenters. The molecule has 0 bridgehead atoms. The number of benzene rings is 2. The molecule has 1 aromatic heterocycles. The first-order valence-electron chi connectivity index (χ1n) is 11.2. The van der Waals surface area contributed by atoms with Crippen molar-refractivity contribution in [1.82, 2.24) is 14.9 Å². The Morgan fingerprint density at radius 3 is 2.74 bits per heavy atom. The van der Waals surface area contributed by atoms with Gasteiger partial charge in [-0.2, -0.15) is 0 Å². The third-order valence-electron chi connectivity index (χ3n) is 5.62. The van der Waals surface area contributed by atoms with Crippen molar-refractivity contribution in [2.24, 2.45) is 0 Å². The largest absolute Gasteiger partial charge is 0.461 e. The van der Waals surface area contributed by atoms with Crippen LogP contribution in [0.3, 0.4) is 0 Å². The normalized spacial score (nSPS) is 17.0. The average molecular weight is 483 g/mol. The lowest BCUT2D eigenvalue weighted by Crippen LogP contribution is -2.49.